The number of hydroxylamine groups is 1. The lowest BCUT2D eigenvalue weighted by Gasteiger charge is -2.24. The molecule has 6 nitrogen and oxygen atoms in total. The van der Waals surface area contributed by atoms with Gasteiger partial charge in [-0.1, -0.05) is 42.5 Å². The van der Waals surface area contributed by atoms with Crippen molar-refractivity contribution < 1.29 is 19.6 Å². The maximum Gasteiger partial charge on any atom is 0.266 e. The molecule has 1 heterocycles. The Morgan fingerprint density at radius 3 is 2.04 bits per heavy atom. The van der Waals surface area contributed by atoms with Crippen LogP contribution in [0.4, 0.5) is 0 Å². The minimum absolute atomic E-state index is 0.224. The van der Waals surface area contributed by atoms with Crippen molar-refractivity contribution in [3.8, 4) is 0 Å². The summed E-state index contributed by atoms with van der Waals surface area (Å²) in [7, 11) is 0. The Labute approximate surface area is 138 Å². The lowest BCUT2D eigenvalue weighted by Crippen LogP contribution is -2.49. The molecule has 2 N–H and O–H groups in total. The molecule has 122 valence electrons. The Hall–Kier alpha value is -2.99. The average molecular weight is 324 g/mol. The van der Waals surface area contributed by atoms with E-state index in [-0.39, 0.29) is 17.5 Å². The van der Waals surface area contributed by atoms with Gasteiger partial charge in [0.05, 0.1) is 11.1 Å². The fourth-order valence-corrected chi connectivity index (χ4v) is 2.89. The number of carbonyl (C=O) groups is 3. The molecule has 0 radical (unpaired) electrons. The second-order valence-electron chi connectivity index (χ2n) is 5.54. The number of rotatable bonds is 5. The van der Waals surface area contributed by atoms with Crippen LogP contribution in [-0.4, -0.2) is 33.9 Å². The predicted molar refractivity (Wildman–Crippen MR) is 85.4 cm³/mol. The van der Waals surface area contributed by atoms with Crippen LogP contribution in [0.2, 0.25) is 0 Å². The van der Waals surface area contributed by atoms with Gasteiger partial charge in [-0.3, -0.25) is 24.5 Å². The molecule has 1 atom stereocenters. The Bertz CT molecular complexity index is 754. The van der Waals surface area contributed by atoms with Crippen LogP contribution in [0, 0.1) is 0 Å². The minimum Gasteiger partial charge on any atom is -0.289 e. The number of nitrogens with zero attached hydrogens (tertiary/aromatic N) is 1. The Morgan fingerprint density at radius 1 is 0.958 bits per heavy atom. The van der Waals surface area contributed by atoms with Crippen molar-refractivity contribution in [3.63, 3.8) is 0 Å². The van der Waals surface area contributed by atoms with Crippen LogP contribution in [0.5, 0.6) is 0 Å². The molecular formula is C18H16N2O4. The molecule has 3 amide bonds. The molecule has 0 unspecified atom stereocenters. The summed E-state index contributed by atoms with van der Waals surface area (Å²) in [4.78, 5) is 38.0. The first-order valence-corrected chi connectivity index (χ1v) is 7.58. The van der Waals surface area contributed by atoms with Crippen molar-refractivity contribution in [2.75, 3.05) is 0 Å². The normalized spacial score (nSPS) is 14.5. The van der Waals surface area contributed by atoms with E-state index >= 15 is 0 Å². The number of imide groups is 1. The number of hydrogen-bond donors (Lipinski definition) is 2. The molecular weight excluding hydrogens is 308 g/mol. The van der Waals surface area contributed by atoms with Gasteiger partial charge in [0.25, 0.3) is 17.7 Å². The number of fused-ring (bicyclic) bond motifs is 1. The fourth-order valence-electron chi connectivity index (χ4n) is 2.89. The minimum atomic E-state index is -1.07. The van der Waals surface area contributed by atoms with Gasteiger partial charge in [-0.25, -0.2) is 5.48 Å². The number of carbonyl (C=O) groups excluding carboxylic acids is 3. The quantitative estimate of drug-likeness (QED) is 0.499. The molecule has 2 aromatic carbocycles. The van der Waals surface area contributed by atoms with Crippen molar-refractivity contribution in [3.05, 3.63) is 71.3 Å². The molecule has 6 heteroatoms. The van der Waals surface area contributed by atoms with Crippen molar-refractivity contribution in [1.82, 2.24) is 10.4 Å². The van der Waals surface area contributed by atoms with E-state index in [1.165, 1.54) is 0 Å². The molecule has 0 fully saturated rings. The van der Waals surface area contributed by atoms with Crippen LogP contribution < -0.4 is 5.48 Å². The number of aryl methyl sites for hydroxylation is 1. The maximum atomic E-state index is 12.5. The molecule has 0 bridgehead atoms. The van der Waals surface area contributed by atoms with Crippen LogP contribution in [0.15, 0.2) is 54.6 Å². The lowest BCUT2D eigenvalue weighted by atomic mass is 10.0. The molecule has 0 saturated heterocycles. The van der Waals surface area contributed by atoms with Gasteiger partial charge < -0.3 is 0 Å². The average Bonchev–Trinajstić information content (AvgIpc) is 2.88. The third-order valence-electron chi connectivity index (χ3n) is 4.10. The number of hydrogen-bond acceptors (Lipinski definition) is 4. The van der Waals surface area contributed by atoms with Crippen molar-refractivity contribution in [2.45, 2.75) is 18.9 Å². The van der Waals surface area contributed by atoms with E-state index in [4.69, 9.17) is 5.21 Å². The van der Waals surface area contributed by atoms with Gasteiger partial charge in [0, 0.05) is 0 Å². The molecule has 1 aliphatic rings. The maximum absolute atomic E-state index is 12.5. The summed E-state index contributed by atoms with van der Waals surface area (Å²) < 4.78 is 0. The summed E-state index contributed by atoms with van der Waals surface area (Å²) in [6.07, 6.45) is 0.716. The van der Waals surface area contributed by atoms with Crippen LogP contribution in [0.1, 0.15) is 32.7 Å². The SMILES string of the molecule is O=C(NO)[C@H](CCc1ccccc1)N1C(=O)c2ccccc2C1=O. The summed E-state index contributed by atoms with van der Waals surface area (Å²) in [5.74, 6) is -1.81. The molecule has 0 aliphatic carbocycles. The third-order valence-corrected chi connectivity index (χ3v) is 4.10. The Balaban J connectivity index is 1.86. The predicted octanol–water partition coefficient (Wildman–Crippen LogP) is 1.79. The number of nitrogens with one attached hydrogen (secondary N) is 1. The van der Waals surface area contributed by atoms with E-state index in [1.54, 1.807) is 29.7 Å². The highest BCUT2D eigenvalue weighted by molar-refractivity contribution is 6.22. The van der Waals surface area contributed by atoms with Crippen molar-refractivity contribution >= 4 is 17.7 Å². The Kier molecular flexibility index (Phi) is 4.39. The van der Waals surface area contributed by atoms with Crippen molar-refractivity contribution in [1.29, 1.82) is 0 Å². The van der Waals surface area contributed by atoms with Gasteiger partial charge in [0.1, 0.15) is 6.04 Å². The molecule has 0 spiro atoms. The van der Waals surface area contributed by atoms with E-state index < -0.39 is 23.8 Å². The highest BCUT2D eigenvalue weighted by Crippen LogP contribution is 2.26. The standard InChI is InChI=1S/C18H16N2O4/c21-16(19-24)15(11-10-12-6-2-1-3-7-12)20-17(22)13-8-4-5-9-14(13)18(20)23/h1-9,15,24H,10-11H2,(H,19,21)/t15-/m0/s1. The first-order chi connectivity index (χ1) is 11.6. The topological polar surface area (TPSA) is 86.7 Å². The highest BCUT2D eigenvalue weighted by atomic mass is 16.5. The summed E-state index contributed by atoms with van der Waals surface area (Å²) in [6.45, 7) is 0. The van der Waals surface area contributed by atoms with E-state index in [2.05, 4.69) is 0 Å². The number of amides is 3. The zero-order valence-electron chi connectivity index (χ0n) is 12.8. The summed E-state index contributed by atoms with van der Waals surface area (Å²) in [6, 6.07) is 14.8. The summed E-state index contributed by atoms with van der Waals surface area (Å²) in [5.41, 5.74) is 3.09. The van der Waals surface area contributed by atoms with Crippen molar-refractivity contribution in [2.24, 2.45) is 0 Å². The van der Waals surface area contributed by atoms with Gasteiger partial charge in [-0.2, -0.15) is 0 Å². The second kappa shape index (κ2) is 6.64. The monoisotopic (exact) mass is 324 g/mol. The van der Waals surface area contributed by atoms with E-state index in [9.17, 15) is 14.4 Å². The van der Waals surface area contributed by atoms with Gasteiger partial charge >= 0.3 is 0 Å². The largest absolute Gasteiger partial charge is 0.289 e. The van der Waals surface area contributed by atoms with E-state index in [0.717, 1.165) is 10.5 Å². The van der Waals surface area contributed by atoms with Gasteiger partial charge in [0.15, 0.2) is 0 Å². The summed E-state index contributed by atoms with van der Waals surface area (Å²) >= 11 is 0. The van der Waals surface area contributed by atoms with Crippen LogP contribution in [0.3, 0.4) is 0 Å². The Morgan fingerprint density at radius 2 is 1.50 bits per heavy atom. The van der Waals surface area contributed by atoms with Crippen LogP contribution in [0.25, 0.3) is 0 Å². The zero-order chi connectivity index (χ0) is 17.1. The molecule has 1 aliphatic heterocycles. The fraction of sp³-hybridized carbons (Fsp3) is 0.167. The second-order valence-corrected chi connectivity index (χ2v) is 5.54. The summed E-state index contributed by atoms with van der Waals surface area (Å²) in [5, 5.41) is 9.00. The first-order valence-electron chi connectivity index (χ1n) is 7.58. The van der Waals surface area contributed by atoms with Gasteiger partial charge in [-0.05, 0) is 30.5 Å². The molecule has 3 rings (SSSR count). The molecule has 0 saturated carbocycles. The van der Waals surface area contributed by atoms with Gasteiger partial charge in [0.2, 0.25) is 0 Å². The lowest BCUT2D eigenvalue weighted by molar-refractivity contribution is -0.133. The zero-order valence-corrected chi connectivity index (χ0v) is 12.8. The van der Waals surface area contributed by atoms with Gasteiger partial charge in [-0.15, -0.1) is 0 Å². The van der Waals surface area contributed by atoms with Crippen LogP contribution >= 0.6 is 0 Å². The van der Waals surface area contributed by atoms with Crippen LogP contribution in [-0.2, 0) is 11.2 Å². The number of benzene rings is 2. The molecule has 24 heavy (non-hydrogen) atoms. The third kappa shape index (κ3) is 2.79. The highest BCUT2D eigenvalue weighted by Gasteiger charge is 2.42. The molecule has 0 aromatic heterocycles. The smallest absolute Gasteiger partial charge is 0.266 e. The molecule has 2 aromatic rings. The first kappa shape index (κ1) is 15.9. The van der Waals surface area contributed by atoms with E-state index in [1.807, 2.05) is 30.3 Å². The van der Waals surface area contributed by atoms with E-state index in [0.29, 0.717) is 6.42 Å².